The first-order valence-electron chi connectivity index (χ1n) is 7.36. The van der Waals surface area contributed by atoms with E-state index in [4.69, 9.17) is 0 Å². The number of unbranched alkanes of at least 4 members (excludes halogenated alkanes) is 1. The fraction of sp³-hybridized carbons (Fsp3) is 0.733. The van der Waals surface area contributed by atoms with Crippen molar-refractivity contribution in [3.8, 4) is 0 Å². The molecular formula is C15H26N2O+2. The number of allylic oxidation sites excluding steroid dienone is 2. The number of aliphatic hydroxyl groups excluding tert-OH is 1. The van der Waals surface area contributed by atoms with Crippen LogP contribution in [0.3, 0.4) is 0 Å². The molecule has 2 rings (SSSR count). The van der Waals surface area contributed by atoms with Gasteiger partial charge in [-0.3, -0.25) is 4.99 Å². The molecule has 0 saturated carbocycles. The van der Waals surface area contributed by atoms with E-state index in [1.165, 1.54) is 24.8 Å². The summed E-state index contributed by atoms with van der Waals surface area (Å²) >= 11 is 0. The lowest BCUT2D eigenvalue weighted by atomic mass is 9.92. The minimum atomic E-state index is -0.162. The summed E-state index contributed by atoms with van der Waals surface area (Å²) in [6.07, 6.45) is 14.2. The maximum Gasteiger partial charge on any atom is 0.164 e. The molecule has 3 nitrogen and oxygen atoms in total. The van der Waals surface area contributed by atoms with Crippen molar-refractivity contribution in [3.05, 3.63) is 11.6 Å². The molecule has 0 amide bonds. The number of nitrogens with one attached hydrogen (secondary N) is 2. The van der Waals surface area contributed by atoms with Crippen LogP contribution in [0.5, 0.6) is 0 Å². The largest absolute Gasteiger partial charge is 0.392 e. The molecule has 0 fully saturated rings. The Morgan fingerprint density at radius 3 is 2.94 bits per heavy atom. The van der Waals surface area contributed by atoms with Crippen LogP contribution in [0.15, 0.2) is 11.6 Å². The summed E-state index contributed by atoms with van der Waals surface area (Å²) < 4.78 is 0. The number of hydrogen-bond donors (Lipinski definition) is 3. The average Bonchev–Trinajstić information content (AvgIpc) is 2.45. The summed E-state index contributed by atoms with van der Waals surface area (Å²) in [6.45, 7) is 2.18. The number of aliphatic hydroxyl groups is 1. The van der Waals surface area contributed by atoms with Crippen LogP contribution in [-0.2, 0) is 0 Å². The van der Waals surface area contributed by atoms with Gasteiger partial charge in [0.05, 0.1) is 12.0 Å². The topological polar surface area (TPSA) is 48.2 Å². The fourth-order valence-corrected chi connectivity index (χ4v) is 2.72. The third-order valence-electron chi connectivity index (χ3n) is 3.87. The Hall–Kier alpha value is -0.960. The highest BCUT2D eigenvalue weighted by Crippen LogP contribution is 2.15. The van der Waals surface area contributed by atoms with Gasteiger partial charge in [-0.25, -0.2) is 4.99 Å². The Morgan fingerprint density at radius 1 is 1.33 bits per heavy atom. The molecule has 0 aromatic heterocycles. The monoisotopic (exact) mass is 250 g/mol. The molecule has 3 N–H and O–H groups in total. The van der Waals surface area contributed by atoms with E-state index < -0.39 is 0 Å². The van der Waals surface area contributed by atoms with Gasteiger partial charge in [-0.05, 0) is 32.1 Å². The molecule has 0 spiro atoms. The molecule has 0 saturated heterocycles. The lowest BCUT2D eigenvalue weighted by molar-refractivity contribution is -0.461. The van der Waals surface area contributed by atoms with Gasteiger partial charge in [0.25, 0.3) is 0 Å². The van der Waals surface area contributed by atoms with Crippen molar-refractivity contribution in [2.45, 2.75) is 51.0 Å². The predicted molar refractivity (Wildman–Crippen MR) is 73.7 cm³/mol. The smallest absolute Gasteiger partial charge is 0.164 e. The fourth-order valence-electron chi connectivity index (χ4n) is 2.72. The van der Waals surface area contributed by atoms with Crippen LogP contribution in [0.4, 0.5) is 0 Å². The maximum atomic E-state index is 10.1. The third-order valence-corrected chi connectivity index (χ3v) is 3.87. The molecular weight excluding hydrogens is 224 g/mol. The average molecular weight is 250 g/mol. The van der Waals surface area contributed by atoms with Crippen molar-refractivity contribution in [2.24, 2.45) is 5.92 Å². The Balaban J connectivity index is 1.65. The van der Waals surface area contributed by atoms with Gasteiger partial charge in [-0.1, -0.05) is 6.08 Å². The zero-order valence-electron chi connectivity index (χ0n) is 11.2. The summed E-state index contributed by atoms with van der Waals surface area (Å²) in [7, 11) is 0. The molecule has 0 aromatic rings. The summed E-state index contributed by atoms with van der Waals surface area (Å²) in [4.78, 5) is 6.53. The second-order valence-electron chi connectivity index (χ2n) is 5.41. The van der Waals surface area contributed by atoms with Gasteiger partial charge in [0.15, 0.2) is 6.21 Å². The highest BCUT2D eigenvalue weighted by Gasteiger charge is 2.21. The van der Waals surface area contributed by atoms with E-state index in [0.29, 0.717) is 5.92 Å². The molecule has 2 aliphatic rings. The molecule has 0 aliphatic carbocycles. The number of rotatable bonds is 5. The Kier molecular flexibility index (Phi) is 5.59. The van der Waals surface area contributed by atoms with Crippen molar-refractivity contribution >= 4 is 12.4 Å². The van der Waals surface area contributed by atoms with E-state index in [2.05, 4.69) is 28.5 Å². The summed E-state index contributed by atoms with van der Waals surface area (Å²) in [5, 5.41) is 10.1. The first-order valence-corrected chi connectivity index (χ1v) is 7.36. The van der Waals surface area contributed by atoms with Gasteiger partial charge in [0.1, 0.15) is 19.3 Å². The Bertz CT molecular complexity index is 333. The van der Waals surface area contributed by atoms with Gasteiger partial charge in [-0.2, -0.15) is 0 Å². The molecule has 2 unspecified atom stereocenters. The molecule has 2 heterocycles. The van der Waals surface area contributed by atoms with E-state index in [9.17, 15) is 5.11 Å². The zero-order valence-corrected chi connectivity index (χ0v) is 11.2. The van der Waals surface area contributed by atoms with Crippen LogP contribution in [0.25, 0.3) is 0 Å². The quantitative estimate of drug-likeness (QED) is 0.536. The van der Waals surface area contributed by atoms with E-state index in [0.717, 1.165) is 38.8 Å². The van der Waals surface area contributed by atoms with Gasteiger partial charge in [0.2, 0.25) is 0 Å². The first-order chi connectivity index (χ1) is 8.86. The van der Waals surface area contributed by atoms with E-state index in [-0.39, 0.29) is 6.10 Å². The molecule has 2 aliphatic heterocycles. The zero-order chi connectivity index (χ0) is 12.6. The Labute approximate surface area is 110 Å². The summed E-state index contributed by atoms with van der Waals surface area (Å²) in [6, 6.07) is 0. The van der Waals surface area contributed by atoms with E-state index in [1.807, 2.05) is 0 Å². The molecule has 2 atom stereocenters. The van der Waals surface area contributed by atoms with E-state index >= 15 is 0 Å². The van der Waals surface area contributed by atoms with Gasteiger partial charge in [0, 0.05) is 18.4 Å². The normalized spacial score (nSPS) is 27.6. The standard InChI is InChI=1S/C15H24N2O/c18-15(14-7-4-10-17-12-14)8-2-1-5-13-6-3-9-16-11-13/h5,11-12,14-15,18H,1-4,6-10H2/p+2/b13-5+. The lowest BCUT2D eigenvalue weighted by Crippen LogP contribution is -2.72. The van der Waals surface area contributed by atoms with Crippen molar-refractivity contribution in [1.82, 2.24) is 0 Å². The highest BCUT2D eigenvalue weighted by molar-refractivity contribution is 5.73. The van der Waals surface area contributed by atoms with Crippen molar-refractivity contribution in [2.75, 3.05) is 13.1 Å². The third kappa shape index (κ3) is 4.37. The van der Waals surface area contributed by atoms with Gasteiger partial charge < -0.3 is 5.11 Å². The van der Waals surface area contributed by atoms with Gasteiger partial charge >= 0.3 is 0 Å². The molecule has 3 heteroatoms. The van der Waals surface area contributed by atoms with Crippen LogP contribution in [0.1, 0.15) is 44.9 Å². The van der Waals surface area contributed by atoms with E-state index in [1.54, 1.807) is 0 Å². The minimum absolute atomic E-state index is 0.162. The second kappa shape index (κ2) is 7.47. The van der Waals surface area contributed by atoms with Crippen LogP contribution in [0.2, 0.25) is 0 Å². The summed E-state index contributed by atoms with van der Waals surface area (Å²) in [5.74, 6) is 0.356. The van der Waals surface area contributed by atoms with Crippen LogP contribution in [0, 0.1) is 5.92 Å². The molecule has 100 valence electrons. The lowest BCUT2D eigenvalue weighted by Gasteiger charge is -2.18. The van der Waals surface area contributed by atoms with Crippen molar-refractivity contribution in [1.29, 1.82) is 0 Å². The van der Waals surface area contributed by atoms with Crippen LogP contribution in [-0.4, -0.2) is 36.7 Å². The van der Waals surface area contributed by atoms with Crippen LogP contribution >= 0.6 is 0 Å². The molecule has 0 aromatic carbocycles. The minimum Gasteiger partial charge on any atom is -0.392 e. The molecule has 0 radical (unpaired) electrons. The van der Waals surface area contributed by atoms with Gasteiger partial charge in [-0.15, -0.1) is 0 Å². The first kappa shape index (κ1) is 13.5. The second-order valence-corrected chi connectivity index (χ2v) is 5.41. The highest BCUT2D eigenvalue weighted by atomic mass is 16.3. The Morgan fingerprint density at radius 2 is 2.22 bits per heavy atom. The maximum absolute atomic E-state index is 10.1. The number of hydrogen-bond acceptors (Lipinski definition) is 1. The molecule has 0 bridgehead atoms. The predicted octanol–water partition coefficient (Wildman–Crippen LogP) is -1.05. The van der Waals surface area contributed by atoms with Crippen LogP contribution < -0.4 is 9.98 Å². The van der Waals surface area contributed by atoms with Crippen molar-refractivity contribution in [3.63, 3.8) is 0 Å². The van der Waals surface area contributed by atoms with Crippen molar-refractivity contribution < 1.29 is 15.1 Å². The summed E-state index contributed by atoms with van der Waals surface area (Å²) in [5.41, 5.74) is 1.43. The SMILES string of the molecule is OC(CCC/C=C1/C=[NH+]CCC1)C1C=[NH+]CCC1. The molecule has 18 heavy (non-hydrogen) atoms.